The van der Waals surface area contributed by atoms with Crippen molar-refractivity contribution in [3.63, 3.8) is 0 Å². The molecular formula is C23H22N4O4S2. The Morgan fingerprint density at radius 2 is 1.91 bits per heavy atom. The highest BCUT2D eigenvalue weighted by molar-refractivity contribution is 8.18. The summed E-state index contributed by atoms with van der Waals surface area (Å²) >= 11 is 2.50. The average Bonchev–Trinajstić information content (AvgIpc) is 3.25. The van der Waals surface area contributed by atoms with E-state index in [1.807, 2.05) is 42.7 Å². The van der Waals surface area contributed by atoms with Crippen LogP contribution in [0.5, 0.6) is 17.2 Å². The van der Waals surface area contributed by atoms with E-state index in [9.17, 15) is 4.79 Å². The van der Waals surface area contributed by atoms with Crippen molar-refractivity contribution in [2.75, 3.05) is 26.6 Å². The second-order valence-corrected chi connectivity index (χ2v) is 8.39. The van der Waals surface area contributed by atoms with Crippen LogP contribution in [0.4, 0.5) is 0 Å². The van der Waals surface area contributed by atoms with Crippen LogP contribution in [0.1, 0.15) is 12.0 Å². The van der Waals surface area contributed by atoms with Gasteiger partial charge in [-0.2, -0.15) is 9.39 Å². The van der Waals surface area contributed by atoms with Gasteiger partial charge in [0.25, 0.3) is 5.91 Å². The minimum absolute atomic E-state index is 0.0563. The second-order valence-electron chi connectivity index (χ2n) is 6.88. The third kappa shape index (κ3) is 5.23. The third-order valence-electron chi connectivity index (χ3n) is 4.73. The summed E-state index contributed by atoms with van der Waals surface area (Å²) in [7, 11) is 1.56. The molecule has 2 heterocycles. The van der Waals surface area contributed by atoms with Crippen molar-refractivity contribution in [3.05, 3.63) is 59.7 Å². The van der Waals surface area contributed by atoms with Crippen molar-refractivity contribution >= 4 is 51.9 Å². The van der Waals surface area contributed by atoms with Gasteiger partial charge in [0.2, 0.25) is 5.17 Å². The maximum Gasteiger partial charge on any atom is 0.283 e. The number of amidine groups is 3. The van der Waals surface area contributed by atoms with Crippen molar-refractivity contribution in [2.45, 2.75) is 6.42 Å². The molecule has 0 unspecified atom stereocenters. The van der Waals surface area contributed by atoms with Gasteiger partial charge in [-0.1, -0.05) is 36.0 Å². The molecule has 2 aliphatic rings. The molecule has 1 N–H and O–H groups in total. The smallest absolute Gasteiger partial charge is 0.283 e. The maximum absolute atomic E-state index is 12.5. The molecule has 2 aromatic rings. The van der Waals surface area contributed by atoms with Crippen molar-refractivity contribution in [1.29, 1.82) is 5.41 Å². The van der Waals surface area contributed by atoms with E-state index in [1.165, 1.54) is 11.8 Å². The Morgan fingerprint density at radius 1 is 1.12 bits per heavy atom. The van der Waals surface area contributed by atoms with Gasteiger partial charge in [-0.25, -0.2) is 4.90 Å². The van der Waals surface area contributed by atoms with Gasteiger partial charge < -0.3 is 14.2 Å². The first-order valence-electron chi connectivity index (χ1n) is 10.1. The molecule has 10 heteroatoms. The summed E-state index contributed by atoms with van der Waals surface area (Å²) in [6.45, 7) is 1.01. The van der Waals surface area contributed by atoms with E-state index in [4.69, 9.17) is 19.6 Å². The largest absolute Gasteiger partial charge is 0.493 e. The van der Waals surface area contributed by atoms with Crippen LogP contribution in [-0.2, 0) is 4.79 Å². The highest BCUT2D eigenvalue weighted by Crippen LogP contribution is 2.33. The van der Waals surface area contributed by atoms with Crippen LogP contribution in [-0.4, -0.2) is 53.6 Å². The molecule has 0 atom stereocenters. The Balaban J connectivity index is 1.41. The van der Waals surface area contributed by atoms with Crippen molar-refractivity contribution < 1.29 is 19.0 Å². The molecule has 0 aliphatic carbocycles. The molecule has 2 aromatic carbocycles. The molecule has 0 saturated heterocycles. The van der Waals surface area contributed by atoms with Crippen LogP contribution >= 0.6 is 23.7 Å². The molecule has 0 fully saturated rings. The fraction of sp³-hybridized carbons (Fsp3) is 0.217. The zero-order valence-corrected chi connectivity index (χ0v) is 19.7. The summed E-state index contributed by atoms with van der Waals surface area (Å²) in [6.07, 6.45) is 4.21. The Kier molecular flexibility index (Phi) is 7.36. The molecule has 2 aliphatic heterocycles. The van der Waals surface area contributed by atoms with E-state index in [-0.39, 0.29) is 11.4 Å². The number of hydrogen-bond acceptors (Lipinski definition) is 8. The number of para-hydroxylation sites is 1. The van der Waals surface area contributed by atoms with Gasteiger partial charge in [0, 0.05) is 6.42 Å². The Hall–Kier alpha value is -3.24. The lowest BCUT2D eigenvalue weighted by atomic mass is 10.1. The second kappa shape index (κ2) is 10.6. The quantitative estimate of drug-likeness (QED) is 0.337. The number of amides is 1. The van der Waals surface area contributed by atoms with E-state index in [1.54, 1.807) is 30.2 Å². The molecule has 0 bridgehead atoms. The van der Waals surface area contributed by atoms with Gasteiger partial charge in [0.05, 0.1) is 37.8 Å². The molecule has 4 rings (SSSR count). The monoisotopic (exact) mass is 482 g/mol. The molecule has 0 aromatic heterocycles. The van der Waals surface area contributed by atoms with E-state index in [0.717, 1.165) is 17.7 Å². The number of hydrogen-bond donors (Lipinski definition) is 1. The molecule has 8 nitrogen and oxygen atoms in total. The highest BCUT2D eigenvalue weighted by atomic mass is 32.2. The minimum atomic E-state index is -0.464. The van der Waals surface area contributed by atoms with Crippen LogP contribution < -0.4 is 14.2 Å². The van der Waals surface area contributed by atoms with Gasteiger partial charge in [0.1, 0.15) is 11.6 Å². The molecule has 0 spiro atoms. The van der Waals surface area contributed by atoms with Crippen molar-refractivity contribution in [3.8, 4) is 17.2 Å². The molecular weight excluding hydrogens is 460 g/mol. The molecule has 0 saturated carbocycles. The number of carbonyl (C=O) groups excluding carboxylic acids is 1. The Bertz CT molecular complexity index is 1150. The number of benzene rings is 2. The molecule has 1 amide bonds. The van der Waals surface area contributed by atoms with E-state index in [2.05, 4.69) is 9.39 Å². The summed E-state index contributed by atoms with van der Waals surface area (Å²) in [5.41, 5.74) is 0.893. The molecule has 0 radical (unpaired) electrons. The topological polar surface area (TPSA) is 96.6 Å². The standard InChI is InChI=1S/C23H22N4O4S2/c1-29-19-14-15(9-10-18(19)31-12-6-11-30-16-7-4-3-5-8-16)13-17-20(24)27-22(25-21(17)28)33-26-23(27)32-2/h3-5,7-10,13-14,24H,6,11-12H2,1-2H3/b17-13-,24-20?. The summed E-state index contributed by atoms with van der Waals surface area (Å²) in [4.78, 5) is 18.2. The zero-order chi connectivity index (χ0) is 23.2. The number of fused-ring (bicyclic) bond motifs is 1. The molecule has 170 valence electrons. The third-order valence-corrected chi connectivity index (χ3v) is 6.19. The van der Waals surface area contributed by atoms with Crippen molar-refractivity contribution in [1.82, 2.24) is 4.90 Å². The van der Waals surface area contributed by atoms with Crippen LogP contribution in [0.15, 0.2) is 63.5 Å². The van der Waals surface area contributed by atoms with E-state index >= 15 is 0 Å². The SMILES string of the molecule is COc1cc(/C=C2/C(=N)N3C(SC)=NSC3=NC2=O)ccc1OCCCOc1ccccc1. The van der Waals surface area contributed by atoms with Crippen LogP contribution in [0.25, 0.3) is 6.08 Å². The maximum atomic E-state index is 12.5. The summed E-state index contributed by atoms with van der Waals surface area (Å²) < 4.78 is 21.2. The predicted octanol–water partition coefficient (Wildman–Crippen LogP) is 4.48. The highest BCUT2D eigenvalue weighted by Gasteiger charge is 2.36. The number of nitrogens with zero attached hydrogens (tertiary/aromatic N) is 3. The summed E-state index contributed by atoms with van der Waals surface area (Å²) in [6, 6.07) is 15.0. The van der Waals surface area contributed by atoms with E-state index < -0.39 is 5.91 Å². The van der Waals surface area contributed by atoms with Gasteiger partial charge in [-0.15, -0.1) is 0 Å². The number of ether oxygens (including phenoxy) is 3. The minimum Gasteiger partial charge on any atom is -0.493 e. The lowest BCUT2D eigenvalue weighted by Crippen LogP contribution is -2.41. The van der Waals surface area contributed by atoms with Gasteiger partial charge in [-0.05, 0) is 42.2 Å². The first kappa shape index (κ1) is 22.9. The first-order valence-corrected chi connectivity index (χ1v) is 12.1. The fourth-order valence-electron chi connectivity index (χ4n) is 3.14. The normalized spacial score (nSPS) is 16.4. The Morgan fingerprint density at radius 3 is 2.67 bits per heavy atom. The zero-order valence-electron chi connectivity index (χ0n) is 18.1. The van der Waals surface area contributed by atoms with Crippen LogP contribution in [0.3, 0.4) is 0 Å². The lowest BCUT2D eigenvalue weighted by molar-refractivity contribution is -0.114. The number of thioether (sulfide) groups is 1. The average molecular weight is 483 g/mol. The van der Waals surface area contributed by atoms with E-state index in [0.29, 0.717) is 47.0 Å². The summed E-state index contributed by atoms with van der Waals surface area (Å²) in [5, 5.41) is 9.53. The predicted molar refractivity (Wildman–Crippen MR) is 134 cm³/mol. The number of nitrogens with one attached hydrogen (secondary N) is 1. The number of rotatable bonds is 8. The van der Waals surface area contributed by atoms with Gasteiger partial charge in [-0.3, -0.25) is 10.2 Å². The van der Waals surface area contributed by atoms with Crippen LogP contribution in [0, 0.1) is 5.41 Å². The summed E-state index contributed by atoms with van der Waals surface area (Å²) in [5.74, 6) is 1.55. The van der Waals surface area contributed by atoms with Crippen molar-refractivity contribution in [2.24, 2.45) is 9.39 Å². The van der Waals surface area contributed by atoms with Gasteiger partial charge in [0.15, 0.2) is 16.7 Å². The lowest BCUT2D eigenvalue weighted by Gasteiger charge is -2.23. The fourth-order valence-corrected chi connectivity index (χ4v) is 4.59. The number of carbonyl (C=O) groups is 1. The van der Waals surface area contributed by atoms with Crippen LogP contribution in [0.2, 0.25) is 0 Å². The van der Waals surface area contributed by atoms with Gasteiger partial charge >= 0.3 is 0 Å². The first-order chi connectivity index (χ1) is 16.1. The number of aliphatic imine (C=N–C) groups is 1. The molecule has 33 heavy (non-hydrogen) atoms. The Labute approximate surface area is 200 Å². The number of methoxy groups -OCH3 is 1.